The summed E-state index contributed by atoms with van der Waals surface area (Å²) in [5.74, 6) is -0.380. The van der Waals surface area contributed by atoms with Crippen LogP contribution >= 0.6 is 0 Å². The van der Waals surface area contributed by atoms with Crippen LogP contribution in [0.2, 0.25) is 0 Å². The second-order valence-electron chi connectivity index (χ2n) is 6.32. The number of rotatable bonds is 7. The van der Waals surface area contributed by atoms with Gasteiger partial charge in [-0.2, -0.15) is 0 Å². The molecule has 1 amide bonds. The zero-order chi connectivity index (χ0) is 17.9. The number of hydrogen-bond donors (Lipinski definition) is 3. The van der Waals surface area contributed by atoms with Gasteiger partial charge in [-0.05, 0) is 37.1 Å². The number of hydrogen-bond acceptors (Lipinski definition) is 5. The molecule has 1 aliphatic carbocycles. The van der Waals surface area contributed by atoms with Gasteiger partial charge in [0, 0.05) is 29.3 Å². The molecule has 1 aliphatic rings. The number of aliphatic hydroxyl groups excluding tert-OH is 1. The second-order valence-corrected chi connectivity index (χ2v) is 6.32. The summed E-state index contributed by atoms with van der Waals surface area (Å²) < 4.78 is 0. The van der Waals surface area contributed by atoms with E-state index in [-0.39, 0.29) is 29.2 Å². The van der Waals surface area contributed by atoms with Crippen molar-refractivity contribution in [2.75, 3.05) is 18.5 Å². The third-order valence-electron chi connectivity index (χ3n) is 4.43. The average Bonchev–Trinajstić information content (AvgIpc) is 3.41. The first-order chi connectivity index (χ1) is 12.0. The molecule has 1 saturated carbocycles. The van der Waals surface area contributed by atoms with Crippen LogP contribution in [0.4, 0.5) is 17.1 Å². The zero-order valence-corrected chi connectivity index (χ0v) is 13.6. The molecule has 25 heavy (non-hydrogen) atoms. The van der Waals surface area contributed by atoms with E-state index in [0.717, 1.165) is 18.5 Å². The van der Waals surface area contributed by atoms with E-state index >= 15 is 0 Å². The van der Waals surface area contributed by atoms with Crippen LogP contribution in [0.25, 0.3) is 0 Å². The Morgan fingerprint density at radius 2 is 1.92 bits per heavy atom. The standard InChI is InChI=1S/C18H19N3O4/c22-12-18(8-9-18)11-19-17(23)13-6-7-15(16(10-13)21(24)25)20-14-4-2-1-3-5-14/h1-7,10,20,22H,8-9,11-12H2,(H,19,23). The van der Waals surface area contributed by atoms with Crippen LogP contribution in [0.5, 0.6) is 0 Å². The molecule has 0 radical (unpaired) electrons. The molecule has 3 rings (SSSR count). The Morgan fingerprint density at radius 1 is 1.20 bits per heavy atom. The van der Waals surface area contributed by atoms with Crippen LogP contribution in [0.3, 0.4) is 0 Å². The number of carbonyl (C=O) groups excluding carboxylic acids is 1. The van der Waals surface area contributed by atoms with E-state index < -0.39 is 4.92 Å². The van der Waals surface area contributed by atoms with Gasteiger partial charge in [-0.3, -0.25) is 14.9 Å². The molecule has 130 valence electrons. The van der Waals surface area contributed by atoms with Crippen molar-refractivity contribution in [3.05, 3.63) is 64.2 Å². The van der Waals surface area contributed by atoms with Crippen molar-refractivity contribution in [1.29, 1.82) is 0 Å². The molecule has 0 spiro atoms. The lowest BCUT2D eigenvalue weighted by atomic mass is 10.1. The third kappa shape index (κ3) is 3.95. The van der Waals surface area contributed by atoms with Gasteiger partial charge in [0.25, 0.3) is 11.6 Å². The van der Waals surface area contributed by atoms with Crippen LogP contribution in [-0.2, 0) is 0 Å². The Kier molecular flexibility index (Phi) is 4.67. The summed E-state index contributed by atoms with van der Waals surface area (Å²) in [6.07, 6.45) is 1.76. The summed E-state index contributed by atoms with van der Waals surface area (Å²) in [6, 6.07) is 13.4. The highest BCUT2D eigenvalue weighted by atomic mass is 16.6. The molecule has 0 unspecified atom stereocenters. The minimum atomic E-state index is -0.516. The van der Waals surface area contributed by atoms with E-state index in [1.807, 2.05) is 18.2 Å². The Labute approximate surface area is 144 Å². The van der Waals surface area contributed by atoms with Crippen molar-refractivity contribution in [3.8, 4) is 0 Å². The number of nitrogens with one attached hydrogen (secondary N) is 2. The molecule has 2 aromatic rings. The van der Waals surface area contributed by atoms with E-state index in [9.17, 15) is 20.0 Å². The van der Waals surface area contributed by atoms with Crippen LogP contribution < -0.4 is 10.6 Å². The van der Waals surface area contributed by atoms with Gasteiger partial charge in [0.1, 0.15) is 5.69 Å². The number of amides is 1. The highest BCUT2D eigenvalue weighted by Crippen LogP contribution is 2.44. The van der Waals surface area contributed by atoms with Gasteiger partial charge in [-0.25, -0.2) is 0 Å². The lowest BCUT2D eigenvalue weighted by Gasteiger charge is -2.13. The predicted molar refractivity (Wildman–Crippen MR) is 93.9 cm³/mol. The van der Waals surface area contributed by atoms with Crippen molar-refractivity contribution < 1.29 is 14.8 Å². The minimum absolute atomic E-state index is 0.0351. The van der Waals surface area contributed by atoms with Crippen molar-refractivity contribution >= 4 is 23.0 Å². The molecule has 3 N–H and O–H groups in total. The Morgan fingerprint density at radius 3 is 2.52 bits per heavy atom. The lowest BCUT2D eigenvalue weighted by molar-refractivity contribution is -0.383. The first kappa shape index (κ1) is 16.9. The first-order valence-electron chi connectivity index (χ1n) is 8.03. The summed E-state index contributed by atoms with van der Waals surface area (Å²) >= 11 is 0. The Hall–Kier alpha value is -2.93. The van der Waals surface area contributed by atoms with Gasteiger partial charge in [0.05, 0.1) is 11.5 Å². The molecule has 7 heteroatoms. The van der Waals surface area contributed by atoms with Crippen LogP contribution in [0, 0.1) is 15.5 Å². The van der Waals surface area contributed by atoms with Gasteiger partial charge >= 0.3 is 0 Å². The molecule has 0 heterocycles. The summed E-state index contributed by atoms with van der Waals surface area (Å²) in [7, 11) is 0. The largest absolute Gasteiger partial charge is 0.396 e. The quantitative estimate of drug-likeness (QED) is 0.530. The molecule has 0 bridgehead atoms. The fourth-order valence-corrected chi connectivity index (χ4v) is 2.54. The number of nitro benzene ring substituents is 1. The third-order valence-corrected chi connectivity index (χ3v) is 4.43. The first-order valence-corrected chi connectivity index (χ1v) is 8.03. The fourth-order valence-electron chi connectivity index (χ4n) is 2.54. The van der Waals surface area contributed by atoms with E-state index in [2.05, 4.69) is 10.6 Å². The molecule has 7 nitrogen and oxygen atoms in total. The van der Waals surface area contributed by atoms with E-state index in [4.69, 9.17) is 0 Å². The second kappa shape index (κ2) is 6.90. The fraction of sp³-hybridized carbons (Fsp3) is 0.278. The van der Waals surface area contributed by atoms with Crippen LogP contribution in [0.15, 0.2) is 48.5 Å². The molecule has 1 fully saturated rings. The summed E-state index contributed by atoms with van der Waals surface area (Å²) in [5, 5.41) is 26.4. The number of anilines is 2. The number of nitrogens with zero attached hydrogens (tertiary/aromatic N) is 1. The molecule has 0 saturated heterocycles. The molecule has 2 aromatic carbocycles. The van der Waals surface area contributed by atoms with Crippen LogP contribution in [-0.4, -0.2) is 29.1 Å². The van der Waals surface area contributed by atoms with Gasteiger partial charge in [-0.1, -0.05) is 18.2 Å². The van der Waals surface area contributed by atoms with Crippen molar-refractivity contribution in [1.82, 2.24) is 5.32 Å². The van der Waals surface area contributed by atoms with Crippen LogP contribution in [0.1, 0.15) is 23.2 Å². The topological polar surface area (TPSA) is 104 Å². The highest BCUT2D eigenvalue weighted by Gasteiger charge is 2.42. The SMILES string of the molecule is O=C(NCC1(CO)CC1)c1ccc(Nc2ccccc2)c([N+](=O)[O-])c1. The molecule has 0 aliphatic heterocycles. The summed E-state index contributed by atoms with van der Waals surface area (Å²) in [5.41, 5.74) is 0.887. The van der Waals surface area contributed by atoms with Gasteiger partial charge in [0.2, 0.25) is 0 Å². The zero-order valence-electron chi connectivity index (χ0n) is 13.6. The van der Waals surface area contributed by atoms with E-state index in [1.54, 1.807) is 18.2 Å². The maximum atomic E-state index is 12.2. The average molecular weight is 341 g/mol. The Balaban J connectivity index is 1.76. The smallest absolute Gasteiger partial charge is 0.293 e. The number of para-hydroxylation sites is 1. The maximum absolute atomic E-state index is 12.2. The monoisotopic (exact) mass is 341 g/mol. The lowest BCUT2D eigenvalue weighted by Crippen LogP contribution is -2.31. The predicted octanol–water partition coefficient (Wildman–Crippen LogP) is 2.84. The molecular weight excluding hydrogens is 322 g/mol. The molecule has 0 aromatic heterocycles. The summed E-state index contributed by atoms with van der Waals surface area (Å²) in [6.45, 7) is 0.410. The number of nitro groups is 1. The van der Waals surface area contributed by atoms with Crippen molar-refractivity contribution in [2.24, 2.45) is 5.41 Å². The number of carbonyl (C=O) groups is 1. The highest BCUT2D eigenvalue weighted by molar-refractivity contribution is 5.96. The number of aliphatic hydroxyl groups is 1. The Bertz CT molecular complexity index is 788. The van der Waals surface area contributed by atoms with Crippen molar-refractivity contribution in [2.45, 2.75) is 12.8 Å². The van der Waals surface area contributed by atoms with Crippen molar-refractivity contribution in [3.63, 3.8) is 0 Å². The van der Waals surface area contributed by atoms with Gasteiger partial charge in [0.15, 0.2) is 0 Å². The minimum Gasteiger partial charge on any atom is -0.396 e. The van der Waals surface area contributed by atoms with Gasteiger partial charge < -0.3 is 15.7 Å². The normalized spacial score (nSPS) is 14.6. The maximum Gasteiger partial charge on any atom is 0.293 e. The van der Waals surface area contributed by atoms with E-state index in [1.165, 1.54) is 12.1 Å². The number of benzene rings is 2. The molecular formula is C18H19N3O4. The molecule has 0 atom stereocenters. The van der Waals surface area contributed by atoms with E-state index in [0.29, 0.717) is 12.2 Å². The van der Waals surface area contributed by atoms with Gasteiger partial charge in [-0.15, -0.1) is 0 Å². The summed E-state index contributed by atoms with van der Waals surface area (Å²) in [4.78, 5) is 23.1.